The molecule has 3 rings (SSSR count). The lowest BCUT2D eigenvalue weighted by Crippen LogP contribution is -2.21. The summed E-state index contributed by atoms with van der Waals surface area (Å²) in [6, 6.07) is 12.9. The van der Waals surface area contributed by atoms with Crippen LogP contribution in [0, 0.1) is 0 Å². The van der Waals surface area contributed by atoms with E-state index < -0.39 is 0 Å². The normalized spacial score (nSPS) is 10.9. The van der Waals surface area contributed by atoms with Crippen LogP contribution >= 0.6 is 11.6 Å². The molecule has 0 spiro atoms. The van der Waals surface area contributed by atoms with E-state index in [1.54, 1.807) is 24.4 Å². The Labute approximate surface area is 108 Å². The van der Waals surface area contributed by atoms with Crippen LogP contribution in [-0.4, -0.2) is 14.2 Å². The third-order valence-electron chi connectivity index (χ3n) is 2.71. The minimum absolute atomic E-state index is 0.148. The molecule has 0 aliphatic heterocycles. The van der Waals surface area contributed by atoms with E-state index in [1.807, 2.05) is 24.3 Å². The molecule has 0 radical (unpaired) electrons. The lowest BCUT2D eigenvalue weighted by Gasteiger charge is -2.00. The van der Waals surface area contributed by atoms with Crippen molar-refractivity contribution in [3.8, 4) is 0 Å². The van der Waals surface area contributed by atoms with Crippen LogP contribution in [0.5, 0.6) is 0 Å². The van der Waals surface area contributed by atoms with Gasteiger partial charge in [0, 0.05) is 11.2 Å². The van der Waals surface area contributed by atoms with E-state index in [-0.39, 0.29) is 5.69 Å². The SMILES string of the molecule is O=c1n(Cc2cccc(Cl)c2)nc2ccccn12. The first-order valence-electron chi connectivity index (χ1n) is 5.53. The largest absolute Gasteiger partial charge is 0.350 e. The molecule has 3 aromatic rings. The fourth-order valence-corrected chi connectivity index (χ4v) is 2.09. The molecule has 0 fully saturated rings. The maximum Gasteiger partial charge on any atom is 0.350 e. The first-order chi connectivity index (χ1) is 8.74. The van der Waals surface area contributed by atoms with Gasteiger partial charge in [-0.2, -0.15) is 0 Å². The average Bonchev–Trinajstić information content (AvgIpc) is 2.67. The summed E-state index contributed by atoms with van der Waals surface area (Å²) in [5.41, 5.74) is 1.45. The number of fused-ring (bicyclic) bond motifs is 1. The van der Waals surface area contributed by atoms with Crippen LogP contribution in [0.15, 0.2) is 53.5 Å². The summed E-state index contributed by atoms with van der Waals surface area (Å²) in [6.07, 6.45) is 1.71. The molecule has 1 aromatic carbocycles. The van der Waals surface area contributed by atoms with Crippen molar-refractivity contribution in [3.05, 3.63) is 69.7 Å². The van der Waals surface area contributed by atoms with Crippen molar-refractivity contribution in [3.63, 3.8) is 0 Å². The number of hydrogen-bond donors (Lipinski definition) is 0. The Kier molecular flexibility index (Phi) is 2.64. The van der Waals surface area contributed by atoms with E-state index in [0.717, 1.165) is 5.56 Å². The second kappa shape index (κ2) is 4.31. The summed E-state index contributed by atoms with van der Waals surface area (Å²) < 4.78 is 2.95. The molecule has 0 aliphatic carbocycles. The fraction of sp³-hybridized carbons (Fsp3) is 0.0769. The summed E-state index contributed by atoms with van der Waals surface area (Å²) in [5, 5.41) is 4.92. The monoisotopic (exact) mass is 259 g/mol. The maximum atomic E-state index is 12.0. The fourth-order valence-electron chi connectivity index (χ4n) is 1.88. The molecule has 2 aromatic heterocycles. The van der Waals surface area contributed by atoms with E-state index in [4.69, 9.17) is 11.6 Å². The summed E-state index contributed by atoms with van der Waals surface area (Å²) in [5.74, 6) is 0. The molecule has 0 bridgehead atoms. The molecule has 4 nitrogen and oxygen atoms in total. The van der Waals surface area contributed by atoms with Gasteiger partial charge in [0.1, 0.15) is 0 Å². The number of halogens is 1. The van der Waals surface area contributed by atoms with Gasteiger partial charge in [0.25, 0.3) is 0 Å². The van der Waals surface area contributed by atoms with Gasteiger partial charge in [-0.3, -0.25) is 4.40 Å². The molecule has 18 heavy (non-hydrogen) atoms. The zero-order chi connectivity index (χ0) is 12.5. The van der Waals surface area contributed by atoms with E-state index in [2.05, 4.69) is 5.10 Å². The molecule has 0 atom stereocenters. The van der Waals surface area contributed by atoms with Crippen molar-refractivity contribution in [1.82, 2.24) is 14.2 Å². The summed E-state index contributed by atoms with van der Waals surface area (Å²) in [7, 11) is 0. The molecule has 0 saturated carbocycles. The Hall–Kier alpha value is -2.07. The van der Waals surface area contributed by atoms with Crippen LogP contribution in [0.2, 0.25) is 5.02 Å². The Balaban J connectivity index is 2.05. The molecular weight excluding hydrogens is 250 g/mol. The number of rotatable bonds is 2. The summed E-state index contributed by atoms with van der Waals surface area (Å²) in [6.45, 7) is 0.418. The van der Waals surface area contributed by atoms with Crippen molar-refractivity contribution >= 4 is 17.2 Å². The zero-order valence-corrected chi connectivity index (χ0v) is 10.2. The second-order valence-corrected chi connectivity index (χ2v) is 4.44. The van der Waals surface area contributed by atoms with E-state index in [9.17, 15) is 4.79 Å². The summed E-state index contributed by atoms with van der Waals surface area (Å²) >= 11 is 5.92. The quantitative estimate of drug-likeness (QED) is 0.708. The highest BCUT2D eigenvalue weighted by molar-refractivity contribution is 6.30. The highest BCUT2D eigenvalue weighted by Gasteiger charge is 2.06. The van der Waals surface area contributed by atoms with Crippen LogP contribution in [-0.2, 0) is 6.54 Å². The minimum Gasteiger partial charge on any atom is -0.250 e. The lowest BCUT2D eigenvalue weighted by atomic mass is 10.2. The van der Waals surface area contributed by atoms with Crippen molar-refractivity contribution in [1.29, 1.82) is 0 Å². The number of benzene rings is 1. The average molecular weight is 260 g/mol. The first-order valence-corrected chi connectivity index (χ1v) is 5.90. The molecule has 0 unspecified atom stereocenters. The predicted molar refractivity (Wildman–Crippen MR) is 70.0 cm³/mol. The second-order valence-electron chi connectivity index (χ2n) is 4.00. The van der Waals surface area contributed by atoms with Gasteiger partial charge in [-0.05, 0) is 29.8 Å². The van der Waals surface area contributed by atoms with Crippen LogP contribution in [0.3, 0.4) is 0 Å². The zero-order valence-electron chi connectivity index (χ0n) is 9.45. The van der Waals surface area contributed by atoms with Gasteiger partial charge < -0.3 is 0 Å². The van der Waals surface area contributed by atoms with Gasteiger partial charge in [-0.1, -0.05) is 29.8 Å². The van der Waals surface area contributed by atoms with Crippen molar-refractivity contribution < 1.29 is 0 Å². The highest BCUT2D eigenvalue weighted by Crippen LogP contribution is 2.11. The Morgan fingerprint density at radius 3 is 2.83 bits per heavy atom. The van der Waals surface area contributed by atoms with Crippen molar-refractivity contribution in [2.75, 3.05) is 0 Å². The van der Waals surface area contributed by atoms with Crippen molar-refractivity contribution in [2.24, 2.45) is 0 Å². The molecule has 2 heterocycles. The minimum atomic E-state index is -0.148. The van der Waals surface area contributed by atoms with Crippen LogP contribution in [0.4, 0.5) is 0 Å². The summed E-state index contributed by atoms with van der Waals surface area (Å²) in [4.78, 5) is 12.0. The number of pyridine rings is 1. The molecule has 0 saturated heterocycles. The van der Waals surface area contributed by atoms with Gasteiger partial charge in [0.2, 0.25) is 0 Å². The molecule has 0 amide bonds. The topological polar surface area (TPSA) is 39.3 Å². The molecule has 0 aliphatic rings. The predicted octanol–water partition coefficient (Wildman–Crippen LogP) is 2.20. The van der Waals surface area contributed by atoms with Gasteiger partial charge >= 0.3 is 5.69 Å². The maximum absolute atomic E-state index is 12.0. The van der Waals surface area contributed by atoms with Gasteiger partial charge in [-0.15, -0.1) is 5.10 Å². The first kappa shape index (κ1) is 11.0. The smallest absolute Gasteiger partial charge is 0.250 e. The van der Waals surface area contributed by atoms with E-state index >= 15 is 0 Å². The standard InChI is InChI=1S/C13H10ClN3O/c14-11-5-3-4-10(8-11)9-17-13(18)16-7-2-1-6-12(16)15-17/h1-8H,9H2. The Morgan fingerprint density at radius 2 is 2.06 bits per heavy atom. The van der Waals surface area contributed by atoms with Crippen LogP contribution in [0.25, 0.3) is 5.65 Å². The van der Waals surface area contributed by atoms with Crippen LogP contribution < -0.4 is 5.69 Å². The van der Waals surface area contributed by atoms with Crippen molar-refractivity contribution in [2.45, 2.75) is 6.54 Å². The van der Waals surface area contributed by atoms with E-state index in [0.29, 0.717) is 17.2 Å². The van der Waals surface area contributed by atoms with Gasteiger partial charge in [-0.25, -0.2) is 9.48 Å². The Morgan fingerprint density at radius 1 is 1.17 bits per heavy atom. The number of nitrogens with zero attached hydrogens (tertiary/aromatic N) is 3. The third kappa shape index (κ3) is 1.91. The molecule has 90 valence electrons. The number of aromatic nitrogens is 3. The third-order valence-corrected chi connectivity index (χ3v) is 2.94. The van der Waals surface area contributed by atoms with E-state index in [1.165, 1.54) is 9.08 Å². The van der Waals surface area contributed by atoms with Gasteiger partial charge in [0.05, 0.1) is 6.54 Å². The Bertz CT molecular complexity index is 760. The molecule has 0 N–H and O–H groups in total. The molecule has 5 heteroatoms. The van der Waals surface area contributed by atoms with Crippen LogP contribution in [0.1, 0.15) is 5.56 Å². The number of hydrogen-bond acceptors (Lipinski definition) is 2. The highest BCUT2D eigenvalue weighted by atomic mass is 35.5. The molecular formula is C13H10ClN3O. The lowest BCUT2D eigenvalue weighted by molar-refractivity contribution is 0.659. The van der Waals surface area contributed by atoms with Gasteiger partial charge in [0.15, 0.2) is 5.65 Å².